The Labute approximate surface area is 176 Å². The number of aromatic nitrogens is 3. The van der Waals surface area contributed by atoms with Gasteiger partial charge in [-0.05, 0) is 49.7 Å². The number of likely N-dealkylation sites (tertiary alicyclic amines) is 1. The molecule has 2 amide bonds. The van der Waals surface area contributed by atoms with E-state index in [0.717, 1.165) is 69.5 Å². The van der Waals surface area contributed by atoms with Crippen LogP contribution in [0.15, 0.2) is 30.3 Å². The number of aryl methyl sites for hydroxylation is 1. The van der Waals surface area contributed by atoms with Gasteiger partial charge in [-0.1, -0.05) is 31.0 Å². The Balaban J connectivity index is 1.26. The van der Waals surface area contributed by atoms with Crippen LogP contribution >= 0.6 is 0 Å². The molecule has 1 unspecified atom stereocenters. The van der Waals surface area contributed by atoms with E-state index in [9.17, 15) is 9.59 Å². The molecular formula is C23H29N5O2. The fourth-order valence-corrected chi connectivity index (χ4v) is 5.37. The predicted octanol–water partition coefficient (Wildman–Crippen LogP) is 2.82. The lowest BCUT2D eigenvalue weighted by molar-refractivity contribution is 0.0767. The van der Waals surface area contributed by atoms with Crippen LogP contribution in [0.4, 0.5) is 0 Å². The number of carbonyl (C=O) groups excluding carboxylic acids is 2. The van der Waals surface area contributed by atoms with Gasteiger partial charge in [-0.2, -0.15) is 0 Å². The van der Waals surface area contributed by atoms with Crippen LogP contribution in [-0.2, 0) is 13.0 Å². The molecule has 2 aliphatic heterocycles. The van der Waals surface area contributed by atoms with E-state index in [4.69, 9.17) is 0 Å². The topological polar surface area (TPSA) is 80.1 Å². The lowest BCUT2D eigenvalue weighted by Gasteiger charge is -2.27. The van der Waals surface area contributed by atoms with Crippen molar-refractivity contribution in [2.75, 3.05) is 13.1 Å². The second kappa shape index (κ2) is 7.85. The van der Waals surface area contributed by atoms with E-state index in [1.807, 2.05) is 39.8 Å². The van der Waals surface area contributed by atoms with Crippen molar-refractivity contribution >= 4 is 11.8 Å². The number of fused-ring (bicyclic) bond motifs is 1. The average Bonchev–Trinajstić information content (AvgIpc) is 3.49. The van der Waals surface area contributed by atoms with Crippen LogP contribution in [0.1, 0.15) is 71.7 Å². The van der Waals surface area contributed by atoms with E-state index in [0.29, 0.717) is 5.82 Å². The molecular weight excluding hydrogens is 378 g/mol. The van der Waals surface area contributed by atoms with Gasteiger partial charge in [0, 0.05) is 37.7 Å². The summed E-state index contributed by atoms with van der Waals surface area (Å²) in [7, 11) is 0. The highest BCUT2D eigenvalue weighted by molar-refractivity contribution is 5.94. The molecule has 1 saturated heterocycles. The number of benzene rings is 1. The number of rotatable bonds is 3. The Hall–Kier alpha value is -2.70. The van der Waals surface area contributed by atoms with Crippen LogP contribution in [0.2, 0.25) is 0 Å². The van der Waals surface area contributed by atoms with Crippen LogP contribution in [0.3, 0.4) is 0 Å². The molecule has 1 aromatic heterocycles. The Morgan fingerprint density at radius 3 is 2.57 bits per heavy atom. The smallest absolute Gasteiger partial charge is 0.289 e. The van der Waals surface area contributed by atoms with E-state index in [1.165, 1.54) is 12.8 Å². The van der Waals surface area contributed by atoms with Gasteiger partial charge in [0.2, 0.25) is 5.82 Å². The van der Waals surface area contributed by atoms with Crippen LogP contribution in [0, 0.1) is 5.41 Å². The largest absolute Gasteiger partial charge is 0.347 e. The van der Waals surface area contributed by atoms with Gasteiger partial charge >= 0.3 is 0 Å². The maximum atomic E-state index is 12.9. The van der Waals surface area contributed by atoms with Gasteiger partial charge < -0.3 is 14.8 Å². The third-order valence-electron chi connectivity index (χ3n) is 7.21. The minimum absolute atomic E-state index is 0.0936. The van der Waals surface area contributed by atoms with Crippen molar-refractivity contribution in [3.63, 3.8) is 0 Å². The molecule has 1 saturated carbocycles. The van der Waals surface area contributed by atoms with E-state index >= 15 is 0 Å². The summed E-state index contributed by atoms with van der Waals surface area (Å²) in [5.41, 5.74) is 0.857. The zero-order valence-corrected chi connectivity index (χ0v) is 17.3. The molecule has 7 heteroatoms. The number of hydrogen-bond acceptors (Lipinski definition) is 4. The molecule has 0 radical (unpaired) electrons. The highest BCUT2D eigenvalue weighted by atomic mass is 16.2. The van der Waals surface area contributed by atoms with E-state index < -0.39 is 0 Å². The molecule has 158 valence electrons. The van der Waals surface area contributed by atoms with Gasteiger partial charge in [0.15, 0.2) is 0 Å². The van der Waals surface area contributed by atoms with Gasteiger partial charge in [0.05, 0.1) is 0 Å². The van der Waals surface area contributed by atoms with Gasteiger partial charge in [-0.3, -0.25) is 9.59 Å². The standard InChI is InChI=1S/C23H29N5O2/c29-21(24-18-8-4-5-9-18)20-26-25-19-10-11-23(13-15-28(19)20)12-14-27(16-23)22(30)17-6-2-1-3-7-17/h1-3,6-7,18H,4-5,8-16H2,(H,24,29). The van der Waals surface area contributed by atoms with Crippen LogP contribution < -0.4 is 5.32 Å². The molecule has 2 aromatic rings. The van der Waals surface area contributed by atoms with Gasteiger partial charge in [-0.15, -0.1) is 10.2 Å². The second-order valence-corrected chi connectivity index (χ2v) is 9.14. The summed E-state index contributed by atoms with van der Waals surface area (Å²) < 4.78 is 2.01. The van der Waals surface area contributed by atoms with Crippen molar-refractivity contribution in [3.8, 4) is 0 Å². The lowest BCUT2D eigenvalue weighted by Crippen LogP contribution is -2.35. The monoisotopic (exact) mass is 407 g/mol. The number of nitrogens with zero attached hydrogens (tertiary/aromatic N) is 4. The SMILES string of the molecule is O=C(NC1CCCC1)c1nnc2n1CCC1(CC2)CCN(C(=O)c2ccccc2)C1. The Morgan fingerprint density at radius 1 is 1.00 bits per heavy atom. The molecule has 1 spiro atoms. The minimum Gasteiger partial charge on any atom is -0.347 e. The summed E-state index contributed by atoms with van der Waals surface area (Å²) >= 11 is 0. The summed E-state index contributed by atoms with van der Waals surface area (Å²) in [5, 5.41) is 11.7. The molecule has 30 heavy (non-hydrogen) atoms. The second-order valence-electron chi connectivity index (χ2n) is 9.14. The Bertz CT molecular complexity index is 934. The lowest BCUT2D eigenvalue weighted by atomic mass is 9.80. The zero-order valence-electron chi connectivity index (χ0n) is 17.3. The molecule has 1 aliphatic carbocycles. The zero-order chi connectivity index (χ0) is 20.6. The fraction of sp³-hybridized carbons (Fsp3) is 0.565. The third kappa shape index (κ3) is 3.61. The van der Waals surface area contributed by atoms with Crippen molar-refractivity contribution in [2.24, 2.45) is 5.41 Å². The number of nitrogens with one attached hydrogen (secondary N) is 1. The molecule has 5 rings (SSSR count). The first kappa shape index (κ1) is 19.3. The van der Waals surface area contributed by atoms with Crippen molar-refractivity contribution in [1.29, 1.82) is 0 Å². The summed E-state index contributed by atoms with van der Waals surface area (Å²) in [6, 6.07) is 9.80. The third-order valence-corrected chi connectivity index (χ3v) is 7.21. The van der Waals surface area contributed by atoms with E-state index in [1.54, 1.807) is 0 Å². The average molecular weight is 408 g/mol. The van der Waals surface area contributed by atoms with Crippen molar-refractivity contribution in [1.82, 2.24) is 25.0 Å². The molecule has 7 nitrogen and oxygen atoms in total. The first-order valence-electron chi connectivity index (χ1n) is 11.2. The Morgan fingerprint density at radius 2 is 1.77 bits per heavy atom. The fourth-order valence-electron chi connectivity index (χ4n) is 5.37. The summed E-state index contributed by atoms with van der Waals surface area (Å²) in [4.78, 5) is 27.6. The molecule has 3 heterocycles. The first-order valence-corrected chi connectivity index (χ1v) is 11.2. The van der Waals surface area contributed by atoms with Crippen LogP contribution in [-0.4, -0.2) is 50.6 Å². The maximum Gasteiger partial charge on any atom is 0.289 e. The molecule has 1 atom stereocenters. The first-order chi connectivity index (χ1) is 14.6. The van der Waals surface area contributed by atoms with E-state index in [2.05, 4.69) is 15.5 Å². The van der Waals surface area contributed by atoms with Crippen LogP contribution in [0.25, 0.3) is 0 Å². The molecule has 3 aliphatic rings. The minimum atomic E-state index is -0.0936. The molecule has 0 bridgehead atoms. The van der Waals surface area contributed by atoms with Crippen molar-refractivity contribution < 1.29 is 9.59 Å². The predicted molar refractivity (Wildman–Crippen MR) is 112 cm³/mol. The summed E-state index contributed by atoms with van der Waals surface area (Å²) in [6.07, 6.45) is 8.22. The quantitative estimate of drug-likeness (QED) is 0.848. The van der Waals surface area contributed by atoms with Gasteiger partial charge in [0.1, 0.15) is 5.82 Å². The molecule has 1 N–H and O–H groups in total. The molecule has 1 aromatic carbocycles. The van der Waals surface area contributed by atoms with Crippen molar-refractivity contribution in [2.45, 2.75) is 64.0 Å². The van der Waals surface area contributed by atoms with Gasteiger partial charge in [0.25, 0.3) is 11.8 Å². The van der Waals surface area contributed by atoms with E-state index in [-0.39, 0.29) is 23.3 Å². The summed E-state index contributed by atoms with van der Waals surface area (Å²) in [5.74, 6) is 1.37. The normalized spacial score (nSPS) is 24.1. The summed E-state index contributed by atoms with van der Waals surface area (Å²) in [6.45, 7) is 2.31. The maximum absolute atomic E-state index is 12.9. The Kier molecular flexibility index (Phi) is 5.05. The molecule has 2 fully saturated rings. The van der Waals surface area contributed by atoms with Gasteiger partial charge in [-0.25, -0.2) is 0 Å². The highest BCUT2D eigenvalue weighted by Crippen LogP contribution is 2.41. The highest BCUT2D eigenvalue weighted by Gasteiger charge is 2.41. The number of hydrogen-bond donors (Lipinski definition) is 1. The number of carbonyl (C=O) groups is 2. The van der Waals surface area contributed by atoms with Crippen LogP contribution in [0.5, 0.6) is 0 Å². The van der Waals surface area contributed by atoms with Crippen molar-refractivity contribution in [3.05, 3.63) is 47.5 Å². The number of amides is 2.